The monoisotopic (exact) mass is 422 g/mol. The van der Waals surface area contributed by atoms with Crippen LogP contribution in [0.1, 0.15) is 27.6 Å². The summed E-state index contributed by atoms with van der Waals surface area (Å²) in [6.07, 6.45) is 0. The molecule has 0 fully saturated rings. The summed E-state index contributed by atoms with van der Waals surface area (Å²) in [5, 5.41) is 5.54. The van der Waals surface area contributed by atoms with Crippen molar-refractivity contribution in [2.24, 2.45) is 0 Å². The molecule has 30 heavy (non-hydrogen) atoms. The van der Waals surface area contributed by atoms with Crippen molar-refractivity contribution in [1.82, 2.24) is 0 Å². The zero-order chi connectivity index (χ0) is 21.5. The summed E-state index contributed by atoms with van der Waals surface area (Å²) < 4.78 is 13.0. The Hall–Kier alpha value is -3.45. The second kappa shape index (κ2) is 9.84. The molecule has 0 aliphatic carbocycles. The van der Waals surface area contributed by atoms with Crippen molar-refractivity contribution in [2.45, 2.75) is 11.8 Å². The Balaban J connectivity index is 1.54. The number of carbonyl (C=O) groups is 3. The largest absolute Gasteiger partial charge is 0.325 e. The predicted molar refractivity (Wildman–Crippen MR) is 117 cm³/mol. The molecule has 152 valence electrons. The summed E-state index contributed by atoms with van der Waals surface area (Å²) in [6, 6.07) is 19.1. The van der Waals surface area contributed by atoms with Crippen LogP contribution >= 0.6 is 11.8 Å². The van der Waals surface area contributed by atoms with Gasteiger partial charge in [-0.3, -0.25) is 14.4 Å². The average Bonchev–Trinajstić information content (AvgIpc) is 2.73. The number of nitrogens with one attached hydrogen (secondary N) is 2. The molecule has 0 saturated heterocycles. The van der Waals surface area contributed by atoms with Crippen molar-refractivity contribution >= 4 is 40.7 Å². The Morgan fingerprint density at radius 3 is 2.17 bits per heavy atom. The van der Waals surface area contributed by atoms with Gasteiger partial charge in [-0.1, -0.05) is 6.07 Å². The van der Waals surface area contributed by atoms with E-state index in [-0.39, 0.29) is 23.4 Å². The van der Waals surface area contributed by atoms with E-state index in [0.717, 1.165) is 4.90 Å². The molecule has 2 amide bonds. The number of anilines is 2. The van der Waals surface area contributed by atoms with E-state index in [1.807, 2.05) is 6.07 Å². The third-order valence-corrected chi connectivity index (χ3v) is 5.14. The number of ketones is 1. The van der Waals surface area contributed by atoms with Gasteiger partial charge >= 0.3 is 0 Å². The first kappa shape index (κ1) is 21.3. The number of benzene rings is 3. The van der Waals surface area contributed by atoms with E-state index < -0.39 is 5.82 Å². The van der Waals surface area contributed by atoms with Gasteiger partial charge in [-0.05, 0) is 73.7 Å². The van der Waals surface area contributed by atoms with E-state index in [2.05, 4.69) is 10.6 Å². The van der Waals surface area contributed by atoms with Gasteiger partial charge in [0.1, 0.15) is 5.82 Å². The SMILES string of the molecule is CC(=O)c1ccc(NC(=O)CSc2cccc(NC(=O)c3ccc(F)cc3)c2)cc1. The molecule has 0 aliphatic rings. The number of hydrogen-bond donors (Lipinski definition) is 2. The summed E-state index contributed by atoms with van der Waals surface area (Å²) in [7, 11) is 0. The van der Waals surface area contributed by atoms with E-state index in [4.69, 9.17) is 0 Å². The van der Waals surface area contributed by atoms with Crippen LogP contribution in [0.3, 0.4) is 0 Å². The standard InChI is InChI=1S/C23H19FN2O3S/c1-15(27)16-7-11-19(12-8-16)25-22(28)14-30-21-4-2-3-20(13-21)26-23(29)17-5-9-18(24)10-6-17/h2-13H,14H2,1H3,(H,25,28)(H,26,29). The van der Waals surface area contributed by atoms with Crippen LogP contribution in [0.15, 0.2) is 77.7 Å². The van der Waals surface area contributed by atoms with Crippen molar-refractivity contribution in [3.8, 4) is 0 Å². The summed E-state index contributed by atoms with van der Waals surface area (Å²) in [5.41, 5.74) is 2.13. The normalized spacial score (nSPS) is 10.3. The lowest BCUT2D eigenvalue weighted by Crippen LogP contribution is -2.14. The first-order valence-electron chi connectivity index (χ1n) is 9.11. The van der Waals surface area contributed by atoms with Crippen LogP contribution in [0.4, 0.5) is 15.8 Å². The van der Waals surface area contributed by atoms with E-state index in [9.17, 15) is 18.8 Å². The van der Waals surface area contributed by atoms with Crippen molar-refractivity contribution in [1.29, 1.82) is 0 Å². The Labute approximate surface area is 177 Å². The van der Waals surface area contributed by atoms with E-state index in [0.29, 0.717) is 22.5 Å². The molecule has 2 N–H and O–H groups in total. The predicted octanol–water partition coefficient (Wildman–Crippen LogP) is 5.01. The average molecular weight is 422 g/mol. The van der Waals surface area contributed by atoms with Crippen LogP contribution in [0, 0.1) is 5.82 Å². The van der Waals surface area contributed by atoms with Crippen LogP contribution in [-0.4, -0.2) is 23.4 Å². The number of halogens is 1. The molecule has 0 bridgehead atoms. The number of hydrogen-bond acceptors (Lipinski definition) is 4. The lowest BCUT2D eigenvalue weighted by atomic mass is 10.1. The van der Waals surface area contributed by atoms with Crippen molar-refractivity contribution < 1.29 is 18.8 Å². The Kier molecular flexibility index (Phi) is 6.98. The molecule has 0 unspecified atom stereocenters. The molecule has 3 aromatic carbocycles. The zero-order valence-corrected chi connectivity index (χ0v) is 17.0. The molecule has 7 heteroatoms. The second-order valence-corrected chi connectivity index (χ2v) is 7.51. The fraction of sp³-hybridized carbons (Fsp3) is 0.0870. The maximum absolute atomic E-state index is 13.0. The van der Waals surface area contributed by atoms with Crippen LogP contribution in [0.25, 0.3) is 0 Å². The number of amides is 2. The molecule has 0 aliphatic heterocycles. The second-order valence-electron chi connectivity index (χ2n) is 6.46. The summed E-state index contributed by atoms with van der Waals surface area (Å²) in [6.45, 7) is 1.49. The first-order valence-corrected chi connectivity index (χ1v) is 10.1. The van der Waals surface area contributed by atoms with Crippen LogP contribution < -0.4 is 10.6 Å². The highest BCUT2D eigenvalue weighted by atomic mass is 32.2. The number of rotatable bonds is 7. The van der Waals surface area contributed by atoms with E-state index in [1.165, 1.54) is 43.0 Å². The zero-order valence-electron chi connectivity index (χ0n) is 16.1. The minimum Gasteiger partial charge on any atom is -0.325 e. The van der Waals surface area contributed by atoms with E-state index in [1.54, 1.807) is 42.5 Å². The topological polar surface area (TPSA) is 75.3 Å². The molecule has 0 heterocycles. The highest BCUT2D eigenvalue weighted by molar-refractivity contribution is 8.00. The minimum atomic E-state index is -0.405. The molecule has 0 atom stereocenters. The summed E-state index contributed by atoms with van der Waals surface area (Å²) in [4.78, 5) is 36.5. The lowest BCUT2D eigenvalue weighted by molar-refractivity contribution is -0.113. The molecule has 3 rings (SSSR count). The maximum atomic E-state index is 13.0. The number of thioether (sulfide) groups is 1. The Morgan fingerprint density at radius 2 is 1.50 bits per heavy atom. The molecule has 0 aromatic heterocycles. The molecule has 5 nitrogen and oxygen atoms in total. The smallest absolute Gasteiger partial charge is 0.255 e. The van der Waals surface area contributed by atoms with Gasteiger partial charge in [-0.2, -0.15) is 0 Å². The van der Waals surface area contributed by atoms with Crippen molar-refractivity contribution in [3.05, 3.63) is 89.7 Å². The van der Waals surface area contributed by atoms with Crippen LogP contribution in [0.5, 0.6) is 0 Å². The number of Topliss-reactive ketones (excluding diaryl/α,β-unsaturated/α-hetero) is 1. The third kappa shape index (κ3) is 6.02. The van der Waals surface area contributed by atoms with Gasteiger partial charge in [0.05, 0.1) is 5.75 Å². The van der Waals surface area contributed by atoms with Gasteiger partial charge in [0.2, 0.25) is 5.91 Å². The fourth-order valence-corrected chi connectivity index (χ4v) is 3.36. The first-order chi connectivity index (χ1) is 14.4. The van der Waals surface area contributed by atoms with Crippen molar-refractivity contribution in [3.63, 3.8) is 0 Å². The molecule has 3 aromatic rings. The molecule has 0 spiro atoms. The van der Waals surface area contributed by atoms with Crippen LogP contribution in [-0.2, 0) is 4.79 Å². The highest BCUT2D eigenvalue weighted by Crippen LogP contribution is 2.22. The van der Waals surface area contributed by atoms with Crippen LogP contribution in [0.2, 0.25) is 0 Å². The summed E-state index contributed by atoms with van der Waals surface area (Å²) in [5.74, 6) is -0.780. The fourth-order valence-electron chi connectivity index (χ4n) is 2.60. The Morgan fingerprint density at radius 1 is 0.833 bits per heavy atom. The third-order valence-electron chi connectivity index (χ3n) is 4.14. The quantitative estimate of drug-likeness (QED) is 0.415. The molecular formula is C23H19FN2O3S. The lowest BCUT2D eigenvalue weighted by Gasteiger charge is -2.08. The van der Waals surface area contributed by atoms with Gasteiger partial charge < -0.3 is 10.6 Å². The van der Waals surface area contributed by atoms with Gasteiger partial charge in [0, 0.05) is 27.4 Å². The van der Waals surface area contributed by atoms with Gasteiger partial charge in [-0.15, -0.1) is 11.8 Å². The molecular weight excluding hydrogens is 403 g/mol. The van der Waals surface area contributed by atoms with Gasteiger partial charge in [0.25, 0.3) is 5.91 Å². The Bertz CT molecular complexity index is 1070. The van der Waals surface area contributed by atoms with Gasteiger partial charge in [-0.25, -0.2) is 4.39 Å². The van der Waals surface area contributed by atoms with Crippen molar-refractivity contribution in [2.75, 3.05) is 16.4 Å². The minimum absolute atomic E-state index is 0.0326. The highest BCUT2D eigenvalue weighted by Gasteiger charge is 2.08. The maximum Gasteiger partial charge on any atom is 0.255 e. The molecule has 0 saturated carbocycles. The molecule has 0 radical (unpaired) electrons. The van der Waals surface area contributed by atoms with E-state index >= 15 is 0 Å². The van der Waals surface area contributed by atoms with Gasteiger partial charge in [0.15, 0.2) is 5.78 Å². The number of carbonyl (C=O) groups excluding carboxylic acids is 3. The summed E-state index contributed by atoms with van der Waals surface area (Å²) >= 11 is 1.33.